The first-order valence-corrected chi connectivity index (χ1v) is 5.32. The summed E-state index contributed by atoms with van der Waals surface area (Å²) in [4.78, 5) is 6.35. The Labute approximate surface area is 89.1 Å². The topological polar surface area (TPSA) is 42.1 Å². The molecule has 0 radical (unpaired) electrons. The summed E-state index contributed by atoms with van der Waals surface area (Å²) in [6.45, 7) is 2.83. The number of halogens is 1. The van der Waals surface area contributed by atoms with Crippen LogP contribution in [-0.2, 0) is 6.54 Å². The Kier molecular flexibility index (Phi) is 3.28. The molecule has 1 aliphatic rings. The van der Waals surface area contributed by atoms with Gasteiger partial charge in [-0.2, -0.15) is 0 Å². The summed E-state index contributed by atoms with van der Waals surface area (Å²) in [6, 6.07) is 3.55. The fourth-order valence-corrected chi connectivity index (χ4v) is 1.84. The van der Waals surface area contributed by atoms with Gasteiger partial charge in [-0.25, -0.2) is 4.39 Å². The molecule has 0 amide bonds. The molecule has 1 aromatic rings. The number of pyridine rings is 1. The van der Waals surface area contributed by atoms with E-state index >= 15 is 0 Å². The molecular weight excluding hydrogens is 193 g/mol. The third kappa shape index (κ3) is 2.97. The molecule has 1 saturated heterocycles. The summed E-state index contributed by atoms with van der Waals surface area (Å²) in [7, 11) is 0. The molecule has 2 N–H and O–H groups in total. The number of rotatable bonds is 2. The third-order valence-electron chi connectivity index (χ3n) is 2.81. The largest absolute Gasteiger partial charge is 0.328 e. The number of hydrogen-bond donors (Lipinski definition) is 1. The molecule has 1 fully saturated rings. The minimum absolute atomic E-state index is 0.278. The molecule has 0 unspecified atom stereocenters. The predicted octanol–water partition coefficient (Wildman–Crippen LogP) is 1.14. The normalized spacial score (nSPS) is 19.3. The van der Waals surface area contributed by atoms with Crippen LogP contribution in [0, 0.1) is 5.82 Å². The van der Waals surface area contributed by atoms with Gasteiger partial charge >= 0.3 is 0 Å². The lowest BCUT2D eigenvalue weighted by atomic mass is 10.1. The van der Waals surface area contributed by atoms with Gasteiger partial charge in [-0.15, -0.1) is 0 Å². The van der Waals surface area contributed by atoms with Crippen molar-refractivity contribution in [1.29, 1.82) is 0 Å². The van der Waals surface area contributed by atoms with Crippen LogP contribution in [0.1, 0.15) is 18.5 Å². The highest BCUT2D eigenvalue weighted by atomic mass is 19.1. The second-order valence-corrected chi connectivity index (χ2v) is 4.08. The van der Waals surface area contributed by atoms with E-state index in [0.29, 0.717) is 6.04 Å². The van der Waals surface area contributed by atoms with E-state index in [-0.39, 0.29) is 5.82 Å². The van der Waals surface area contributed by atoms with Gasteiger partial charge in [0, 0.05) is 25.7 Å². The first kappa shape index (κ1) is 10.5. The monoisotopic (exact) mass is 209 g/mol. The van der Waals surface area contributed by atoms with Gasteiger partial charge in [0.25, 0.3) is 0 Å². The standard InChI is InChI=1S/C11H16FN3/c12-9-1-2-11(14-7-9)8-15-5-3-10(13)4-6-15/h1-2,7,10H,3-6,8,13H2. The third-order valence-corrected chi connectivity index (χ3v) is 2.81. The van der Waals surface area contributed by atoms with Crippen molar-refractivity contribution >= 4 is 0 Å². The molecule has 0 spiro atoms. The molecule has 2 rings (SSSR count). The Morgan fingerprint density at radius 1 is 1.40 bits per heavy atom. The van der Waals surface area contributed by atoms with Crippen molar-refractivity contribution in [1.82, 2.24) is 9.88 Å². The maximum Gasteiger partial charge on any atom is 0.141 e. The molecular formula is C11H16FN3. The van der Waals surface area contributed by atoms with Crippen LogP contribution >= 0.6 is 0 Å². The van der Waals surface area contributed by atoms with Crippen molar-refractivity contribution in [2.45, 2.75) is 25.4 Å². The number of nitrogens with zero attached hydrogens (tertiary/aromatic N) is 2. The first-order valence-electron chi connectivity index (χ1n) is 5.32. The Hall–Kier alpha value is -1.00. The molecule has 82 valence electrons. The van der Waals surface area contributed by atoms with Crippen LogP contribution in [0.15, 0.2) is 18.3 Å². The van der Waals surface area contributed by atoms with Crippen molar-refractivity contribution in [3.63, 3.8) is 0 Å². The molecule has 4 heteroatoms. The molecule has 1 aromatic heterocycles. The molecule has 0 bridgehead atoms. The lowest BCUT2D eigenvalue weighted by molar-refractivity contribution is 0.203. The summed E-state index contributed by atoms with van der Waals surface area (Å²) < 4.78 is 12.6. The van der Waals surface area contributed by atoms with E-state index in [9.17, 15) is 4.39 Å². The van der Waals surface area contributed by atoms with E-state index in [1.807, 2.05) is 0 Å². The van der Waals surface area contributed by atoms with E-state index in [4.69, 9.17) is 5.73 Å². The van der Waals surface area contributed by atoms with Crippen LogP contribution < -0.4 is 5.73 Å². The highest BCUT2D eigenvalue weighted by molar-refractivity contribution is 5.05. The van der Waals surface area contributed by atoms with Crippen LogP contribution in [0.3, 0.4) is 0 Å². The zero-order valence-electron chi connectivity index (χ0n) is 8.69. The average molecular weight is 209 g/mol. The zero-order chi connectivity index (χ0) is 10.7. The molecule has 2 heterocycles. The summed E-state index contributed by atoms with van der Waals surface area (Å²) in [6.07, 6.45) is 3.35. The summed E-state index contributed by atoms with van der Waals surface area (Å²) in [5, 5.41) is 0. The molecule has 15 heavy (non-hydrogen) atoms. The SMILES string of the molecule is NC1CCN(Cc2ccc(F)cn2)CC1. The zero-order valence-corrected chi connectivity index (χ0v) is 8.69. The number of likely N-dealkylation sites (tertiary alicyclic amines) is 1. The van der Waals surface area contributed by atoms with E-state index in [2.05, 4.69) is 9.88 Å². The molecule has 0 aromatic carbocycles. The van der Waals surface area contributed by atoms with Crippen molar-refractivity contribution in [3.05, 3.63) is 29.8 Å². The minimum atomic E-state index is -0.278. The first-order chi connectivity index (χ1) is 7.24. The minimum Gasteiger partial charge on any atom is -0.328 e. The molecule has 0 atom stereocenters. The highest BCUT2D eigenvalue weighted by Gasteiger charge is 2.16. The van der Waals surface area contributed by atoms with Gasteiger partial charge in [0.1, 0.15) is 5.82 Å². The summed E-state index contributed by atoms with van der Waals surface area (Å²) in [5.74, 6) is -0.278. The van der Waals surface area contributed by atoms with Gasteiger partial charge in [0.05, 0.1) is 11.9 Å². The fourth-order valence-electron chi connectivity index (χ4n) is 1.84. The molecule has 0 aliphatic carbocycles. The van der Waals surface area contributed by atoms with Crippen LogP contribution in [-0.4, -0.2) is 29.0 Å². The number of hydrogen-bond acceptors (Lipinski definition) is 3. The maximum atomic E-state index is 12.6. The number of piperidine rings is 1. The van der Waals surface area contributed by atoms with Crippen molar-refractivity contribution in [3.8, 4) is 0 Å². The predicted molar refractivity (Wildman–Crippen MR) is 56.7 cm³/mol. The fraction of sp³-hybridized carbons (Fsp3) is 0.545. The van der Waals surface area contributed by atoms with Crippen molar-refractivity contribution in [2.24, 2.45) is 5.73 Å². The maximum absolute atomic E-state index is 12.6. The van der Waals surface area contributed by atoms with Crippen LogP contribution in [0.4, 0.5) is 4.39 Å². The van der Waals surface area contributed by atoms with Gasteiger partial charge in [-0.3, -0.25) is 9.88 Å². The van der Waals surface area contributed by atoms with Crippen molar-refractivity contribution < 1.29 is 4.39 Å². The summed E-state index contributed by atoms with van der Waals surface area (Å²) in [5.41, 5.74) is 6.74. The van der Waals surface area contributed by atoms with E-state index in [0.717, 1.165) is 38.2 Å². The Morgan fingerprint density at radius 2 is 2.13 bits per heavy atom. The van der Waals surface area contributed by atoms with Gasteiger partial charge < -0.3 is 5.73 Å². The Morgan fingerprint density at radius 3 is 2.73 bits per heavy atom. The average Bonchev–Trinajstić information content (AvgIpc) is 2.25. The van der Waals surface area contributed by atoms with Crippen molar-refractivity contribution in [2.75, 3.05) is 13.1 Å². The quantitative estimate of drug-likeness (QED) is 0.794. The summed E-state index contributed by atoms with van der Waals surface area (Å²) >= 11 is 0. The van der Waals surface area contributed by atoms with Crippen LogP contribution in [0.2, 0.25) is 0 Å². The number of aromatic nitrogens is 1. The lowest BCUT2D eigenvalue weighted by Gasteiger charge is -2.29. The Bertz CT molecular complexity index is 304. The molecule has 1 aliphatic heterocycles. The van der Waals surface area contributed by atoms with Crippen LogP contribution in [0.5, 0.6) is 0 Å². The van der Waals surface area contributed by atoms with E-state index in [1.165, 1.54) is 12.3 Å². The highest BCUT2D eigenvalue weighted by Crippen LogP contribution is 2.11. The second kappa shape index (κ2) is 4.68. The van der Waals surface area contributed by atoms with E-state index < -0.39 is 0 Å². The Balaban J connectivity index is 1.89. The van der Waals surface area contributed by atoms with Gasteiger partial charge in [-0.1, -0.05) is 0 Å². The molecule has 3 nitrogen and oxygen atoms in total. The second-order valence-electron chi connectivity index (χ2n) is 4.08. The van der Waals surface area contributed by atoms with Crippen LogP contribution in [0.25, 0.3) is 0 Å². The lowest BCUT2D eigenvalue weighted by Crippen LogP contribution is -2.39. The number of nitrogens with two attached hydrogens (primary N) is 1. The van der Waals surface area contributed by atoms with Gasteiger partial charge in [-0.05, 0) is 25.0 Å². The smallest absolute Gasteiger partial charge is 0.141 e. The molecule has 0 saturated carbocycles. The van der Waals surface area contributed by atoms with E-state index in [1.54, 1.807) is 6.07 Å². The van der Waals surface area contributed by atoms with Gasteiger partial charge in [0.15, 0.2) is 0 Å². The van der Waals surface area contributed by atoms with Gasteiger partial charge in [0.2, 0.25) is 0 Å².